The van der Waals surface area contributed by atoms with Crippen LogP contribution < -0.4 is 10.1 Å². The molecule has 0 aliphatic heterocycles. The van der Waals surface area contributed by atoms with Gasteiger partial charge in [0.2, 0.25) is 0 Å². The van der Waals surface area contributed by atoms with E-state index in [4.69, 9.17) is 19.4 Å². The van der Waals surface area contributed by atoms with Gasteiger partial charge in [-0.05, 0) is 36.2 Å². The highest BCUT2D eigenvalue weighted by atomic mass is 16.5. The Bertz CT molecular complexity index is 1260. The van der Waals surface area contributed by atoms with Gasteiger partial charge in [-0.15, -0.1) is 0 Å². The number of aryl methyl sites for hydroxylation is 2. The molecule has 8 heteroatoms. The number of fused-ring (bicyclic) bond motifs is 1. The van der Waals surface area contributed by atoms with Gasteiger partial charge in [-0.3, -0.25) is 0 Å². The number of nitrogens with one attached hydrogen (secondary N) is 1. The third-order valence-corrected chi connectivity index (χ3v) is 5.25. The van der Waals surface area contributed by atoms with Crippen molar-refractivity contribution in [1.29, 1.82) is 0 Å². The molecule has 164 valence electrons. The molecule has 0 aliphatic rings. The SMILES string of the molecule is CCc1nn(C)c2nc(-c3ccc(C(=O)OC)cc3)nc(NCc3cccc(OC)c3)c12. The van der Waals surface area contributed by atoms with Gasteiger partial charge in [0.15, 0.2) is 11.5 Å². The van der Waals surface area contributed by atoms with Crippen LogP contribution in [-0.2, 0) is 24.8 Å². The summed E-state index contributed by atoms with van der Waals surface area (Å²) in [5.74, 6) is 1.69. The highest BCUT2D eigenvalue weighted by Gasteiger charge is 2.18. The Morgan fingerprint density at radius 2 is 1.88 bits per heavy atom. The molecule has 0 spiro atoms. The van der Waals surface area contributed by atoms with Crippen LogP contribution in [0.5, 0.6) is 5.75 Å². The van der Waals surface area contributed by atoms with Crippen LogP contribution in [0.4, 0.5) is 5.82 Å². The number of ether oxygens (including phenoxy) is 2. The number of benzene rings is 2. The molecule has 8 nitrogen and oxygen atoms in total. The number of methoxy groups -OCH3 is 2. The van der Waals surface area contributed by atoms with Gasteiger partial charge in [0.05, 0.1) is 30.9 Å². The maximum atomic E-state index is 11.8. The quantitative estimate of drug-likeness (QED) is 0.442. The highest BCUT2D eigenvalue weighted by molar-refractivity contribution is 5.92. The van der Waals surface area contributed by atoms with E-state index in [1.54, 1.807) is 23.9 Å². The van der Waals surface area contributed by atoms with Crippen LogP contribution in [0.2, 0.25) is 0 Å². The normalized spacial score (nSPS) is 10.9. The van der Waals surface area contributed by atoms with Crippen LogP contribution in [0, 0.1) is 0 Å². The summed E-state index contributed by atoms with van der Waals surface area (Å²) >= 11 is 0. The predicted octanol–water partition coefficient (Wildman–Crippen LogP) is 4.00. The lowest BCUT2D eigenvalue weighted by atomic mass is 10.1. The smallest absolute Gasteiger partial charge is 0.337 e. The average Bonchev–Trinajstić information content (AvgIpc) is 3.18. The Morgan fingerprint density at radius 1 is 1.09 bits per heavy atom. The number of nitrogens with zero attached hydrogens (tertiary/aromatic N) is 4. The number of carbonyl (C=O) groups is 1. The zero-order valence-electron chi connectivity index (χ0n) is 18.5. The largest absolute Gasteiger partial charge is 0.497 e. The molecule has 0 fully saturated rings. The van der Waals surface area contributed by atoms with E-state index in [1.807, 2.05) is 43.4 Å². The molecule has 2 aromatic carbocycles. The summed E-state index contributed by atoms with van der Waals surface area (Å²) in [6.45, 7) is 2.63. The number of anilines is 1. The monoisotopic (exact) mass is 431 g/mol. The average molecular weight is 431 g/mol. The minimum atomic E-state index is -0.382. The Labute approximate surface area is 186 Å². The van der Waals surface area contributed by atoms with E-state index in [0.29, 0.717) is 17.9 Å². The molecule has 0 atom stereocenters. The maximum Gasteiger partial charge on any atom is 0.337 e. The van der Waals surface area contributed by atoms with Gasteiger partial charge in [0.25, 0.3) is 0 Å². The van der Waals surface area contributed by atoms with Gasteiger partial charge in [-0.25, -0.2) is 19.4 Å². The fourth-order valence-electron chi connectivity index (χ4n) is 3.57. The molecule has 1 N–H and O–H groups in total. The first-order valence-electron chi connectivity index (χ1n) is 10.3. The van der Waals surface area contributed by atoms with Crippen LogP contribution in [0.25, 0.3) is 22.4 Å². The molecule has 0 saturated heterocycles. The molecule has 2 heterocycles. The van der Waals surface area contributed by atoms with Gasteiger partial charge >= 0.3 is 5.97 Å². The van der Waals surface area contributed by atoms with Gasteiger partial charge in [0, 0.05) is 19.2 Å². The number of rotatable bonds is 7. The summed E-state index contributed by atoms with van der Waals surface area (Å²) in [5.41, 5.74) is 4.02. The molecular weight excluding hydrogens is 406 g/mol. The first-order chi connectivity index (χ1) is 15.5. The Balaban J connectivity index is 1.75. The molecule has 0 radical (unpaired) electrons. The second-order valence-electron chi connectivity index (χ2n) is 7.29. The van der Waals surface area contributed by atoms with Crippen molar-refractivity contribution >= 4 is 22.8 Å². The summed E-state index contributed by atoms with van der Waals surface area (Å²) in [6, 6.07) is 14.9. The van der Waals surface area contributed by atoms with Gasteiger partial charge in [-0.2, -0.15) is 5.10 Å². The first kappa shape index (κ1) is 21.3. The lowest BCUT2D eigenvalue weighted by Crippen LogP contribution is -2.05. The zero-order valence-corrected chi connectivity index (χ0v) is 18.5. The molecule has 0 bridgehead atoms. The standard InChI is InChI=1S/C24H25N5O3/c1-5-19-20-22(25-14-15-7-6-8-18(13-15)31-3)26-21(27-23(20)29(2)28-19)16-9-11-17(12-10-16)24(30)32-4/h6-13H,5,14H2,1-4H3,(H,25,26,27). The molecule has 2 aromatic heterocycles. The molecule has 4 aromatic rings. The van der Waals surface area contributed by atoms with Crippen molar-refractivity contribution in [2.75, 3.05) is 19.5 Å². The second kappa shape index (κ2) is 9.05. The van der Waals surface area contributed by atoms with Gasteiger partial charge < -0.3 is 14.8 Å². The van der Waals surface area contributed by atoms with Gasteiger partial charge in [0.1, 0.15) is 11.6 Å². The molecule has 0 unspecified atom stereocenters. The van der Waals surface area contributed by atoms with Crippen molar-refractivity contribution in [3.05, 3.63) is 65.4 Å². The minimum absolute atomic E-state index is 0.382. The van der Waals surface area contributed by atoms with Crippen LogP contribution in [-0.4, -0.2) is 39.9 Å². The van der Waals surface area contributed by atoms with E-state index >= 15 is 0 Å². The third-order valence-electron chi connectivity index (χ3n) is 5.25. The Hall–Kier alpha value is -3.94. The van der Waals surface area contributed by atoms with E-state index in [1.165, 1.54) is 7.11 Å². The first-order valence-corrected chi connectivity index (χ1v) is 10.3. The summed E-state index contributed by atoms with van der Waals surface area (Å²) in [6.07, 6.45) is 0.766. The Kier molecular flexibility index (Phi) is 6.02. The third kappa shape index (κ3) is 4.12. The van der Waals surface area contributed by atoms with E-state index in [2.05, 4.69) is 17.3 Å². The summed E-state index contributed by atoms with van der Waals surface area (Å²) in [5, 5.41) is 9.00. The summed E-state index contributed by atoms with van der Waals surface area (Å²) in [7, 11) is 4.90. The van der Waals surface area contributed by atoms with Crippen LogP contribution >= 0.6 is 0 Å². The number of esters is 1. The van der Waals surface area contributed by atoms with Gasteiger partial charge in [-0.1, -0.05) is 31.2 Å². The number of aromatic nitrogens is 4. The number of carbonyl (C=O) groups excluding carboxylic acids is 1. The zero-order chi connectivity index (χ0) is 22.7. The molecule has 32 heavy (non-hydrogen) atoms. The van der Waals surface area contributed by atoms with Crippen molar-refractivity contribution in [3.63, 3.8) is 0 Å². The Morgan fingerprint density at radius 3 is 2.56 bits per heavy atom. The number of hydrogen-bond donors (Lipinski definition) is 1. The maximum absolute atomic E-state index is 11.8. The van der Waals surface area contributed by atoms with E-state index < -0.39 is 0 Å². The van der Waals surface area contributed by atoms with Crippen LogP contribution in [0.1, 0.15) is 28.5 Å². The molecule has 0 saturated carbocycles. The summed E-state index contributed by atoms with van der Waals surface area (Å²) in [4.78, 5) is 21.3. The molecule has 0 aliphatic carbocycles. The fourth-order valence-corrected chi connectivity index (χ4v) is 3.57. The van der Waals surface area contributed by atoms with Crippen molar-refractivity contribution < 1.29 is 14.3 Å². The van der Waals surface area contributed by atoms with Crippen LogP contribution in [0.3, 0.4) is 0 Å². The van der Waals surface area contributed by atoms with E-state index in [0.717, 1.165) is 45.8 Å². The lowest BCUT2D eigenvalue weighted by molar-refractivity contribution is 0.0600. The lowest BCUT2D eigenvalue weighted by Gasteiger charge is -2.11. The molecule has 4 rings (SSSR count). The van der Waals surface area contributed by atoms with E-state index in [9.17, 15) is 4.79 Å². The van der Waals surface area contributed by atoms with Crippen molar-refractivity contribution in [3.8, 4) is 17.1 Å². The second-order valence-corrected chi connectivity index (χ2v) is 7.29. The number of hydrogen-bond acceptors (Lipinski definition) is 7. The molecule has 0 amide bonds. The van der Waals surface area contributed by atoms with Crippen molar-refractivity contribution in [2.45, 2.75) is 19.9 Å². The van der Waals surface area contributed by atoms with E-state index in [-0.39, 0.29) is 5.97 Å². The predicted molar refractivity (Wildman–Crippen MR) is 123 cm³/mol. The van der Waals surface area contributed by atoms with Crippen LogP contribution in [0.15, 0.2) is 48.5 Å². The fraction of sp³-hybridized carbons (Fsp3) is 0.250. The highest BCUT2D eigenvalue weighted by Crippen LogP contribution is 2.28. The van der Waals surface area contributed by atoms with Crippen molar-refractivity contribution in [2.24, 2.45) is 7.05 Å². The van der Waals surface area contributed by atoms with Crippen molar-refractivity contribution in [1.82, 2.24) is 19.7 Å². The minimum Gasteiger partial charge on any atom is -0.497 e. The topological polar surface area (TPSA) is 91.2 Å². The summed E-state index contributed by atoms with van der Waals surface area (Å²) < 4.78 is 11.9. The molecular formula is C24H25N5O3.